The Morgan fingerprint density at radius 2 is 2.25 bits per heavy atom. The molecule has 3 N–H and O–H groups in total. The van der Waals surface area contributed by atoms with E-state index in [1.165, 1.54) is 6.07 Å². The first-order valence-corrected chi connectivity index (χ1v) is 5.09. The van der Waals surface area contributed by atoms with E-state index in [0.29, 0.717) is 12.1 Å². The van der Waals surface area contributed by atoms with Crippen molar-refractivity contribution in [3.8, 4) is 11.8 Å². The predicted octanol–water partition coefficient (Wildman–Crippen LogP) is 0.637. The topological polar surface area (TPSA) is 68.1 Å². The molecule has 0 amide bonds. The molecular formula is C11H12FN3O. The van der Waals surface area contributed by atoms with Gasteiger partial charge in [0.25, 0.3) is 0 Å². The highest BCUT2D eigenvalue weighted by molar-refractivity contribution is 5.44. The highest BCUT2D eigenvalue weighted by Crippen LogP contribution is 2.28. The highest BCUT2D eigenvalue weighted by Gasteiger charge is 2.20. The Labute approximate surface area is 92.7 Å². The Hall–Kier alpha value is -1.64. The van der Waals surface area contributed by atoms with Gasteiger partial charge in [-0.2, -0.15) is 5.26 Å². The summed E-state index contributed by atoms with van der Waals surface area (Å²) >= 11 is 0. The fraction of sp³-hybridized carbons (Fsp3) is 0.364. The second kappa shape index (κ2) is 4.47. The van der Waals surface area contributed by atoms with Gasteiger partial charge in [0, 0.05) is 31.2 Å². The smallest absolute Gasteiger partial charge is 0.166 e. The van der Waals surface area contributed by atoms with E-state index in [-0.39, 0.29) is 17.4 Å². The zero-order chi connectivity index (χ0) is 11.5. The molecular weight excluding hydrogens is 209 g/mol. The zero-order valence-electron chi connectivity index (χ0n) is 8.63. The third-order valence-corrected chi connectivity index (χ3v) is 2.64. The minimum Gasteiger partial charge on any atom is -0.505 e. The van der Waals surface area contributed by atoms with E-state index in [0.717, 1.165) is 19.2 Å². The van der Waals surface area contributed by atoms with Crippen LogP contribution in [-0.2, 0) is 0 Å². The Morgan fingerprint density at radius 1 is 1.44 bits per heavy atom. The number of phenolic OH excluding ortho intramolecular Hbond substituents is 1. The van der Waals surface area contributed by atoms with E-state index < -0.39 is 5.82 Å². The number of hydrogen-bond acceptors (Lipinski definition) is 4. The molecule has 5 heteroatoms. The van der Waals surface area contributed by atoms with Crippen molar-refractivity contribution in [2.24, 2.45) is 0 Å². The van der Waals surface area contributed by atoms with Crippen molar-refractivity contribution in [1.82, 2.24) is 10.6 Å². The molecule has 1 saturated heterocycles. The predicted molar refractivity (Wildman–Crippen MR) is 56.4 cm³/mol. The van der Waals surface area contributed by atoms with Crippen LogP contribution in [-0.4, -0.2) is 24.7 Å². The van der Waals surface area contributed by atoms with Crippen LogP contribution in [0.15, 0.2) is 12.1 Å². The SMILES string of the molecule is N#Cc1cc(F)c(O)c([C@H]2CNCCN2)c1. The van der Waals surface area contributed by atoms with Crippen LogP contribution in [0.5, 0.6) is 5.75 Å². The first-order valence-electron chi connectivity index (χ1n) is 5.09. The van der Waals surface area contributed by atoms with Crippen molar-refractivity contribution in [3.63, 3.8) is 0 Å². The first-order chi connectivity index (χ1) is 7.72. The molecule has 16 heavy (non-hydrogen) atoms. The van der Waals surface area contributed by atoms with Crippen LogP contribution in [0.4, 0.5) is 4.39 Å². The van der Waals surface area contributed by atoms with E-state index in [4.69, 9.17) is 5.26 Å². The average molecular weight is 221 g/mol. The Morgan fingerprint density at radius 3 is 2.88 bits per heavy atom. The van der Waals surface area contributed by atoms with Gasteiger partial charge in [0.2, 0.25) is 0 Å². The van der Waals surface area contributed by atoms with Gasteiger partial charge in [-0.05, 0) is 12.1 Å². The summed E-state index contributed by atoms with van der Waals surface area (Å²) in [6.45, 7) is 2.21. The quantitative estimate of drug-likeness (QED) is 0.651. The molecule has 84 valence electrons. The van der Waals surface area contributed by atoms with Gasteiger partial charge in [0.15, 0.2) is 11.6 Å². The summed E-state index contributed by atoms with van der Waals surface area (Å²) in [5, 5.41) is 24.7. The van der Waals surface area contributed by atoms with Crippen LogP contribution in [0.25, 0.3) is 0 Å². The van der Waals surface area contributed by atoms with Gasteiger partial charge in [-0.25, -0.2) is 4.39 Å². The lowest BCUT2D eigenvalue weighted by atomic mass is 10.0. The van der Waals surface area contributed by atoms with E-state index in [2.05, 4.69) is 10.6 Å². The molecule has 0 aromatic heterocycles. The highest BCUT2D eigenvalue weighted by atomic mass is 19.1. The summed E-state index contributed by atoms with van der Waals surface area (Å²) in [5.74, 6) is -1.12. The molecule has 1 aliphatic heterocycles. The number of aromatic hydroxyl groups is 1. The lowest BCUT2D eigenvalue weighted by Crippen LogP contribution is -2.42. The van der Waals surface area contributed by atoms with E-state index in [1.807, 2.05) is 6.07 Å². The second-order valence-corrected chi connectivity index (χ2v) is 3.72. The van der Waals surface area contributed by atoms with Gasteiger partial charge in [-0.1, -0.05) is 0 Å². The van der Waals surface area contributed by atoms with Crippen LogP contribution >= 0.6 is 0 Å². The molecule has 1 aromatic rings. The molecule has 0 saturated carbocycles. The summed E-state index contributed by atoms with van der Waals surface area (Å²) in [4.78, 5) is 0. The fourth-order valence-electron chi connectivity index (χ4n) is 1.82. The fourth-order valence-corrected chi connectivity index (χ4v) is 1.82. The molecule has 2 rings (SSSR count). The summed E-state index contributed by atoms with van der Waals surface area (Å²) in [5.41, 5.74) is 0.654. The molecule has 0 aliphatic carbocycles. The number of nitrogens with one attached hydrogen (secondary N) is 2. The molecule has 0 unspecified atom stereocenters. The van der Waals surface area contributed by atoms with Crippen LogP contribution in [0, 0.1) is 17.1 Å². The number of phenols is 1. The number of nitriles is 1. The van der Waals surface area contributed by atoms with E-state index >= 15 is 0 Å². The molecule has 1 atom stereocenters. The first kappa shape index (κ1) is 10.9. The number of nitrogens with zero attached hydrogens (tertiary/aromatic N) is 1. The molecule has 0 spiro atoms. The Balaban J connectivity index is 2.38. The maximum Gasteiger partial charge on any atom is 0.166 e. The summed E-state index contributed by atoms with van der Waals surface area (Å²) in [6, 6.07) is 4.27. The van der Waals surface area contributed by atoms with Gasteiger partial charge >= 0.3 is 0 Å². The molecule has 0 bridgehead atoms. The second-order valence-electron chi connectivity index (χ2n) is 3.72. The lowest BCUT2D eigenvalue weighted by Gasteiger charge is -2.25. The maximum atomic E-state index is 13.3. The number of benzene rings is 1. The Kier molecular flexibility index (Phi) is 3.04. The number of piperazine rings is 1. The van der Waals surface area contributed by atoms with Crippen molar-refractivity contribution in [2.75, 3.05) is 19.6 Å². The zero-order valence-corrected chi connectivity index (χ0v) is 8.63. The maximum absolute atomic E-state index is 13.3. The van der Waals surface area contributed by atoms with Gasteiger partial charge < -0.3 is 15.7 Å². The monoisotopic (exact) mass is 221 g/mol. The third kappa shape index (κ3) is 1.98. The van der Waals surface area contributed by atoms with Gasteiger partial charge in [-0.15, -0.1) is 0 Å². The molecule has 0 radical (unpaired) electrons. The number of rotatable bonds is 1. The standard InChI is InChI=1S/C11H12FN3O/c12-9-4-7(5-13)3-8(11(9)16)10-6-14-1-2-15-10/h3-4,10,14-16H,1-2,6H2/t10-/m1/s1. The summed E-state index contributed by atoms with van der Waals surface area (Å²) in [7, 11) is 0. The van der Waals surface area contributed by atoms with Crippen molar-refractivity contribution in [3.05, 3.63) is 29.1 Å². The minimum absolute atomic E-state index is 0.156. The number of hydrogen-bond donors (Lipinski definition) is 3. The summed E-state index contributed by atoms with van der Waals surface area (Å²) < 4.78 is 13.3. The van der Waals surface area contributed by atoms with Gasteiger partial charge in [0.1, 0.15) is 0 Å². The summed E-state index contributed by atoms with van der Waals surface area (Å²) in [6.07, 6.45) is 0. The molecule has 1 aromatic carbocycles. The van der Waals surface area contributed by atoms with Crippen molar-refractivity contribution < 1.29 is 9.50 Å². The van der Waals surface area contributed by atoms with Crippen LogP contribution < -0.4 is 10.6 Å². The minimum atomic E-state index is -0.749. The lowest BCUT2D eigenvalue weighted by molar-refractivity contribution is 0.387. The largest absolute Gasteiger partial charge is 0.505 e. The van der Waals surface area contributed by atoms with Crippen LogP contribution in [0.1, 0.15) is 17.2 Å². The van der Waals surface area contributed by atoms with Crippen molar-refractivity contribution in [2.45, 2.75) is 6.04 Å². The van der Waals surface area contributed by atoms with Crippen LogP contribution in [0.3, 0.4) is 0 Å². The normalized spacial score (nSPS) is 20.4. The average Bonchev–Trinajstić information content (AvgIpc) is 2.33. The van der Waals surface area contributed by atoms with Crippen molar-refractivity contribution in [1.29, 1.82) is 5.26 Å². The molecule has 1 aliphatic rings. The van der Waals surface area contributed by atoms with Crippen LogP contribution in [0.2, 0.25) is 0 Å². The third-order valence-electron chi connectivity index (χ3n) is 2.64. The van der Waals surface area contributed by atoms with E-state index in [1.54, 1.807) is 0 Å². The van der Waals surface area contributed by atoms with Gasteiger partial charge in [0.05, 0.1) is 11.6 Å². The molecule has 1 heterocycles. The van der Waals surface area contributed by atoms with E-state index in [9.17, 15) is 9.50 Å². The van der Waals surface area contributed by atoms with Gasteiger partial charge in [-0.3, -0.25) is 0 Å². The molecule has 1 fully saturated rings. The van der Waals surface area contributed by atoms with Crippen molar-refractivity contribution >= 4 is 0 Å². The number of halogens is 1. The Bertz CT molecular complexity index is 436. The molecule has 4 nitrogen and oxygen atoms in total.